The Morgan fingerprint density at radius 2 is 1.75 bits per heavy atom. The van der Waals surface area contributed by atoms with Crippen LogP contribution in [-0.4, -0.2) is 22.2 Å². The average molecular weight is 494 g/mol. The number of rotatable bonds is 7. The second kappa shape index (κ2) is 9.57. The van der Waals surface area contributed by atoms with Crippen molar-refractivity contribution in [2.75, 3.05) is 12.8 Å². The van der Waals surface area contributed by atoms with E-state index in [9.17, 15) is 5.11 Å². The molecule has 0 aliphatic carbocycles. The van der Waals surface area contributed by atoms with Gasteiger partial charge in [0.2, 0.25) is 5.95 Å². The molecule has 32 heavy (non-hydrogen) atoms. The molecule has 0 amide bonds. The molecule has 4 rings (SSSR count). The standard InChI is InChI=1S/C24H20BrN3O4/c1-30-17-3-2-4-19(11-17)32-22-13-27-24(26)28-23(22)20-10-9-18(12-21(20)29)31-14-15-5-7-16(25)8-6-15/h2-13,29H,14H2,1H3,(H2,26,27,28). The Morgan fingerprint density at radius 3 is 2.50 bits per heavy atom. The Labute approximate surface area is 193 Å². The molecular weight excluding hydrogens is 474 g/mol. The second-order valence-corrected chi connectivity index (χ2v) is 7.73. The van der Waals surface area contributed by atoms with Crippen LogP contribution >= 0.6 is 15.9 Å². The quantitative estimate of drug-likeness (QED) is 0.346. The van der Waals surface area contributed by atoms with Crippen LogP contribution in [0.3, 0.4) is 0 Å². The van der Waals surface area contributed by atoms with E-state index in [4.69, 9.17) is 19.9 Å². The number of methoxy groups -OCH3 is 1. The number of halogens is 1. The number of hydrogen-bond donors (Lipinski definition) is 2. The summed E-state index contributed by atoms with van der Waals surface area (Å²) in [5, 5.41) is 10.7. The number of nitrogens with two attached hydrogens (primary N) is 1. The molecule has 0 bridgehead atoms. The van der Waals surface area contributed by atoms with Gasteiger partial charge in [-0.2, -0.15) is 0 Å². The third kappa shape index (κ3) is 5.09. The average Bonchev–Trinajstić information content (AvgIpc) is 2.80. The van der Waals surface area contributed by atoms with Gasteiger partial charge in [0.25, 0.3) is 0 Å². The lowest BCUT2D eigenvalue weighted by Crippen LogP contribution is -2.00. The molecule has 0 fully saturated rings. The maximum absolute atomic E-state index is 10.7. The summed E-state index contributed by atoms with van der Waals surface area (Å²) in [7, 11) is 1.58. The molecule has 0 saturated heterocycles. The summed E-state index contributed by atoms with van der Waals surface area (Å²) in [4.78, 5) is 8.30. The van der Waals surface area contributed by atoms with E-state index in [0.717, 1.165) is 10.0 Å². The molecule has 4 aromatic rings. The first-order valence-corrected chi connectivity index (χ1v) is 10.5. The van der Waals surface area contributed by atoms with E-state index in [0.29, 0.717) is 40.9 Å². The van der Waals surface area contributed by atoms with Crippen LogP contribution in [0.25, 0.3) is 11.3 Å². The Kier molecular flexibility index (Phi) is 6.42. The molecule has 0 saturated carbocycles. The van der Waals surface area contributed by atoms with Gasteiger partial charge < -0.3 is 25.1 Å². The van der Waals surface area contributed by atoms with Crippen molar-refractivity contribution >= 4 is 21.9 Å². The van der Waals surface area contributed by atoms with Crippen molar-refractivity contribution in [2.24, 2.45) is 0 Å². The lowest BCUT2D eigenvalue weighted by Gasteiger charge is -2.13. The lowest BCUT2D eigenvalue weighted by atomic mass is 10.1. The molecule has 1 aromatic heterocycles. The fourth-order valence-electron chi connectivity index (χ4n) is 2.99. The highest BCUT2D eigenvalue weighted by molar-refractivity contribution is 9.10. The topological polar surface area (TPSA) is 99.7 Å². The van der Waals surface area contributed by atoms with Crippen LogP contribution in [0.4, 0.5) is 5.95 Å². The molecule has 0 aliphatic heterocycles. The zero-order valence-electron chi connectivity index (χ0n) is 17.2. The molecule has 0 unspecified atom stereocenters. The molecule has 3 N–H and O–H groups in total. The summed E-state index contributed by atoms with van der Waals surface area (Å²) in [6, 6.07) is 19.9. The summed E-state index contributed by atoms with van der Waals surface area (Å²) < 4.78 is 18.0. The first-order chi connectivity index (χ1) is 15.5. The summed E-state index contributed by atoms with van der Waals surface area (Å²) in [6.45, 7) is 0.372. The largest absolute Gasteiger partial charge is 0.507 e. The number of aromatic hydroxyl groups is 1. The molecular formula is C24H20BrN3O4. The van der Waals surface area contributed by atoms with E-state index in [1.54, 1.807) is 37.4 Å². The fourth-order valence-corrected chi connectivity index (χ4v) is 3.26. The van der Waals surface area contributed by atoms with Crippen LogP contribution in [0, 0.1) is 0 Å². The van der Waals surface area contributed by atoms with E-state index in [1.165, 1.54) is 12.3 Å². The van der Waals surface area contributed by atoms with Crippen LogP contribution in [0.1, 0.15) is 5.56 Å². The van der Waals surface area contributed by atoms with Gasteiger partial charge in [-0.1, -0.05) is 34.1 Å². The van der Waals surface area contributed by atoms with Gasteiger partial charge in [0.15, 0.2) is 5.75 Å². The van der Waals surface area contributed by atoms with Crippen LogP contribution in [0.15, 0.2) is 77.4 Å². The van der Waals surface area contributed by atoms with Gasteiger partial charge in [0, 0.05) is 22.2 Å². The van der Waals surface area contributed by atoms with Gasteiger partial charge in [-0.15, -0.1) is 0 Å². The smallest absolute Gasteiger partial charge is 0.220 e. The second-order valence-electron chi connectivity index (χ2n) is 6.82. The molecule has 8 heteroatoms. The molecule has 3 aromatic carbocycles. The highest BCUT2D eigenvalue weighted by Crippen LogP contribution is 2.38. The minimum absolute atomic E-state index is 0.0214. The molecule has 0 atom stereocenters. The third-order valence-corrected chi connectivity index (χ3v) is 5.11. The van der Waals surface area contributed by atoms with Gasteiger partial charge in [-0.25, -0.2) is 9.97 Å². The summed E-state index contributed by atoms with van der Waals surface area (Å²) in [5.41, 5.74) is 7.60. The Bertz CT molecular complexity index is 1230. The highest BCUT2D eigenvalue weighted by Gasteiger charge is 2.16. The van der Waals surface area contributed by atoms with Crippen molar-refractivity contribution < 1.29 is 19.3 Å². The van der Waals surface area contributed by atoms with E-state index in [1.807, 2.05) is 30.3 Å². The Hall–Kier alpha value is -3.78. The molecule has 162 valence electrons. The van der Waals surface area contributed by atoms with Gasteiger partial charge in [-0.05, 0) is 42.0 Å². The Morgan fingerprint density at radius 1 is 0.969 bits per heavy atom. The normalized spacial score (nSPS) is 10.6. The summed E-state index contributed by atoms with van der Waals surface area (Å²) in [5.74, 6) is 2.08. The van der Waals surface area contributed by atoms with Crippen molar-refractivity contribution in [3.8, 4) is 40.0 Å². The zero-order valence-corrected chi connectivity index (χ0v) is 18.7. The number of hydrogen-bond acceptors (Lipinski definition) is 7. The lowest BCUT2D eigenvalue weighted by molar-refractivity contribution is 0.304. The molecule has 0 radical (unpaired) electrons. The SMILES string of the molecule is COc1cccc(Oc2cnc(N)nc2-c2ccc(OCc3ccc(Br)cc3)cc2O)c1. The van der Waals surface area contributed by atoms with Crippen LogP contribution in [0.5, 0.6) is 28.7 Å². The maximum atomic E-state index is 10.7. The van der Waals surface area contributed by atoms with E-state index in [-0.39, 0.29) is 11.7 Å². The highest BCUT2D eigenvalue weighted by atomic mass is 79.9. The summed E-state index contributed by atoms with van der Waals surface area (Å²) in [6.07, 6.45) is 1.47. The number of benzene rings is 3. The van der Waals surface area contributed by atoms with Gasteiger partial charge in [0.05, 0.1) is 13.3 Å². The number of ether oxygens (including phenoxy) is 3. The van der Waals surface area contributed by atoms with E-state index < -0.39 is 0 Å². The van der Waals surface area contributed by atoms with Crippen molar-refractivity contribution in [1.29, 1.82) is 0 Å². The van der Waals surface area contributed by atoms with E-state index in [2.05, 4.69) is 25.9 Å². The first kappa shape index (κ1) is 21.5. The number of aromatic nitrogens is 2. The number of nitrogens with zero attached hydrogens (tertiary/aromatic N) is 2. The maximum Gasteiger partial charge on any atom is 0.220 e. The van der Waals surface area contributed by atoms with Crippen LogP contribution < -0.4 is 19.9 Å². The number of nitrogen functional groups attached to an aromatic ring is 1. The fraction of sp³-hybridized carbons (Fsp3) is 0.0833. The monoisotopic (exact) mass is 493 g/mol. The first-order valence-electron chi connectivity index (χ1n) is 9.67. The van der Waals surface area contributed by atoms with Gasteiger partial charge in [-0.3, -0.25) is 0 Å². The number of anilines is 1. The Balaban J connectivity index is 1.58. The van der Waals surface area contributed by atoms with Crippen LogP contribution in [0.2, 0.25) is 0 Å². The number of phenols is 1. The predicted octanol–water partition coefficient (Wildman–Crippen LogP) is 5.57. The molecule has 1 heterocycles. The molecule has 7 nitrogen and oxygen atoms in total. The van der Waals surface area contributed by atoms with Crippen LogP contribution in [-0.2, 0) is 6.61 Å². The minimum atomic E-state index is -0.0214. The molecule has 0 spiro atoms. The van der Waals surface area contributed by atoms with Crippen molar-refractivity contribution in [3.63, 3.8) is 0 Å². The van der Waals surface area contributed by atoms with Crippen molar-refractivity contribution in [3.05, 3.63) is 83.0 Å². The van der Waals surface area contributed by atoms with Gasteiger partial charge >= 0.3 is 0 Å². The van der Waals surface area contributed by atoms with E-state index >= 15 is 0 Å². The van der Waals surface area contributed by atoms with Crippen molar-refractivity contribution in [1.82, 2.24) is 9.97 Å². The molecule has 0 aliphatic rings. The number of phenolic OH excluding ortho intramolecular Hbond substituents is 1. The zero-order chi connectivity index (χ0) is 22.5. The summed E-state index contributed by atoms with van der Waals surface area (Å²) >= 11 is 3.41. The third-order valence-electron chi connectivity index (χ3n) is 4.59. The van der Waals surface area contributed by atoms with Gasteiger partial charge in [0.1, 0.15) is 35.3 Å². The minimum Gasteiger partial charge on any atom is -0.507 e. The van der Waals surface area contributed by atoms with Crippen molar-refractivity contribution in [2.45, 2.75) is 6.61 Å². The predicted molar refractivity (Wildman–Crippen MR) is 125 cm³/mol.